The Morgan fingerprint density at radius 1 is 1.10 bits per heavy atom. The van der Waals surface area contributed by atoms with E-state index in [2.05, 4.69) is 15.1 Å². The van der Waals surface area contributed by atoms with E-state index in [9.17, 15) is 4.79 Å². The van der Waals surface area contributed by atoms with E-state index in [-0.39, 0.29) is 5.82 Å². The van der Waals surface area contributed by atoms with Gasteiger partial charge in [0.05, 0.1) is 23.0 Å². The van der Waals surface area contributed by atoms with Gasteiger partial charge in [0, 0.05) is 11.9 Å². The van der Waals surface area contributed by atoms with Crippen LogP contribution in [0.4, 0.5) is 10.8 Å². The number of aromatic nitrogens is 5. The average Bonchev–Trinajstić information content (AvgIpc) is 3.39. The number of aryl methyl sites for hydroxylation is 2. The molecule has 8 nitrogen and oxygen atoms in total. The number of hydrogen-bond donors (Lipinski definition) is 0. The number of methoxy groups -OCH3 is 1. The Hall–Kier alpha value is -3.85. The summed E-state index contributed by atoms with van der Waals surface area (Å²) < 4.78 is 8.09. The summed E-state index contributed by atoms with van der Waals surface area (Å²) in [6.45, 7) is 3.84. The molecular weight excluding hydrogens is 412 g/mol. The zero-order valence-corrected chi connectivity index (χ0v) is 17.9. The van der Waals surface area contributed by atoms with Crippen molar-refractivity contribution in [2.75, 3.05) is 12.0 Å². The molecule has 31 heavy (non-hydrogen) atoms. The van der Waals surface area contributed by atoms with Gasteiger partial charge < -0.3 is 4.74 Å². The lowest BCUT2D eigenvalue weighted by molar-refractivity contribution is 0.0989. The first-order valence-corrected chi connectivity index (χ1v) is 10.4. The van der Waals surface area contributed by atoms with Crippen LogP contribution in [-0.4, -0.2) is 37.6 Å². The minimum absolute atomic E-state index is 0.0321. The summed E-state index contributed by atoms with van der Waals surface area (Å²) in [6.07, 6.45) is 1.64. The van der Waals surface area contributed by atoms with Crippen molar-refractivity contribution in [3.8, 4) is 5.75 Å². The van der Waals surface area contributed by atoms with Gasteiger partial charge in [0.25, 0.3) is 5.78 Å². The highest BCUT2D eigenvalue weighted by Gasteiger charge is 2.29. The predicted molar refractivity (Wildman–Crippen MR) is 119 cm³/mol. The van der Waals surface area contributed by atoms with Gasteiger partial charge in [-0.3, -0.25) is 4.79 Å². The molecule has 0 unspecified atom stereocenters. The lowest BCUT2D eigenvalue weighted by Gasteiger charge is -2.21. The molecule has 0 bridgehead atoms. The van der Waals surface area contributed by atoms with Crippen LogP contribution < -0.4 is 9.64 Å². The summed E-state index contributed by atoms with van der Waals surface area (Å²) in [7, 11) is 1.58. The van der Waals surface area contributed by atoms with Crippen LogP contribution in [0.15, 0.2) is 54.7 Å². The Balaban J connectivity index is 1.72. The van der Waals surface area contributed by atoms with Gasteiger partial charge in [-0.25, -0.2) is 19.4 Å². The number of para-hydroxylation sites is 1. The number of amides is 1. The molecule has 2 aromatic carbocycles. The number of ether oxygens (including phenoxy) is 1. The fraction of sp³-hybridized carbons (Fsp3) is 0.136. The van der Waals surface area contributed by atoms with Gasteiger partial charge >= 0.3 is 5.91 Å². The first-order valence-electron chi connectivity index (χ1n) is 9.58. The Morgan fingerprint density at radius 3 is 2.71 bits per heavy atom. The maximum absolute atomic E-state index is 13.8. The third-order valence-corrected chi connectivity index (χ3v) is 5.89. The molecule has 0 fully saturated rings. The number of benzene rings is 2. The van der Waals surface area contributed by atoms with Gasteiger partial charge in [-0.05, 0) is 49.7 Å². The highest BCUT2D eigenvalue weighted by Crippen LogP contribution is 2.39. The van der Waals surface area contributed by atoms with E-state index in [1.165, 1.54) is 16.2 Å². The minimum atomic E-state index is -0.409. The normalized spacial score (nSPS) is 11.2. The zero-order chi connectivity index (χ0) is 21.5. The number of fused-ring (bicyclic) bond motifs is 2. The van der Waals surface area contributed by atoms with Crippen molar-refractivity contribution in [2.45, 2.75) is 13.8 Å². The molecule has 5 rings (SSSR count). The molecule has 0 N–H and O–H groups in total. The molecule has 3 aromatic heterocycles. The van der Waals surface area contributed by atoms with Crippen LogP contribution in [0.3, 0.4) is 0 Å². The number of nitrogens with zero attached hydrogens (tertiary/aromatic N) is 6. The summed E-state index contributed by atoms with van der Waals surface area (Å²) in [5.41, 5.74) is 3.20. The van der Waals surface area contributed by atoms with Crippen LogP contribution in [-0.2, 0) is 0 Å². The number of hydrogen-bond acceptors (Lipinski definition) is 7. The molecule has 154 valence electrons. The summed E-state index contributed by atoms with van der Waals surface area (Å²) in [4.78, 5) is 28.5. The first kappa shape index (κ1) is 19.1. The lowest BCUT2D eigenvalue weighted by Crippen LogP contribution is -2.27. The van der Waals surface area contributed by atoms with Crippen LogP contribution in [0, 0.1) is 13.8 Å². The molecule has 0 aliphatic carbocycles. The van der Waals surface area contributed by atoms with Crippen LogP contribution >= 0.6 is 11.3 Å². The van der Waals surface area contributed by atoms with Crippen LogP contribution in [0.1, 0.15) is 21.9 Å². The summed E-state index contributed by atoms with van der Waals surface area (Å²) in [5.74, 6) is 0.539. The van der Waals surface area contributed by atoms with E-state index in [4.69, 9.17) is 9.72 Å². The standard InChI is InChI=1S/C22H18N6O2S/c1-13-8-9-17(30-3)16(12-13)27(22-24-15-6-4-5-7-18(15)31-22)20(29)19-25-21-23-11-10-14(2)28(21)26-19/h4-12H,1-3H3. The quantitative estimate of drug-likeness (QED) is 0.422. The van der Waals surface area contributed by atoms with Crippen LogP contribution in [0.2, 0.25) is 0 Å². The number of carbonyl (C=O) groups is 1. The van der Waals surface area contributed by atoms with E-state index in [1.807, 2.05) is 62.4 Å². The lowest BCUT2D eigenvalue weighted by atomic mass is 10.2. The molecule has 9 heteroatoms. The van der Waals surface area contributed by atoms with Gasteiger partial charge in [-0.15, -0.1) is 5.10 Å². The monoisotopic (exact) mass is 430 g/mol. The maximum Gasteiger partial charge on any atom is 0.304 e. The van der Waals surface area contributed by atoms with Crippen molar-refractivity contribution in [1.29, 1.82) is 0 Å². The van der Waals surface area contributed by atoms with Crippen molar-refractivity contribution >= 4 is 44.1 Å². The van der Waals surface area contributed by atoms with E-state index in [1.54, 1.807) is 17.8 Å². The highest BCUT2D eigenvalue weighted by molar-refractivity contribution is 7.22. The summed E-state index contributed by atoms with van der Waals surface area (Å²) >= 11 is 1.42. The molecule has 0 atom stereocenters. The van der Waals surface area contributed by atoms with Crippen LogP contribution in [0.5, 0.6) is 5.75 Å². The van der Waals surface area contributed by atoms with E-state index in [0.717, 1.165) is 21.5 Å². The van der Waals surface area contributed by atoms with Gasteiger partial charge in [0.15, 0.2) is 5.13 Å². The second kappa shape index (κ2) is 7.44. The van der Waals surface area contributed by atoms with Crippen molar-refractivity contribution in [1.82, 2.24) is 24.6 Å². The third-order valence-electron chi connectivity index (χ3n) is 4.87. The van der Waals surface area contributed by atoms with Crippen molar-refractivity contribution in [3.63, 3.8) is 0 Å². The van der Waals surface area contributed by atoms with Crippen molar-refractivity contribution < 1.29 is 9.53 Å². The molecule has 0 radical (unpaired) electrons. The Bertz CT molecular complexity index is 1410. The molecule has 3 heterocycles. The number of carbonyl (C=O) groups excluding carboxylic acids is 1. The number of rotatable bonds is 4. The first-order chi connectivity index (χ1) is 15.0. The van der Waals surface area contributed by atoms with E-state index >= 15 is 0 Å². The molecule has 0 aliphatic heterocycles. The summed E-state index contributed by atoms with van der Waals surface area (Å²) in [5, 5.41) is 4.92. The Labute approximate surface area is 181 Å². The highest BCUT2D eigenvalue weighted by atomic mass is 32.1. The number of anilines is 2. The molecule has 0 spiro atoms. The predicted octanol–water partition coefficient (Wildman–Crippen LogP) is 4.34. The SMILES string of the molecule is COc1ccc(C)cc1N(C(=O)c1nc2nccc(C)n2n1)c1nc2ccccc2s1. The van der Waals surface area contributed by atoms with Crippen molar-refractivity contribution in [2.24, 2.45) is 0 Å². The van der Waals surface area contributed by atoms with Gasteiger partial charge in [-0.1, -0.05) is 29.5 Å². The fourth-order valence-electron chi connectivity index (χ4n) is 3.33. The Morgan fingerprint density at radius 2 is 1.94 bits per heavy atom. The number of thiazole rings is 1. The fourth-order valence-corrected chi connectivity index (χ4v) is 4.30. The average molecular weight is 430 g/mol. The topological polar surface area (TPSA) is 85.5 Å². The maximum atomic E-state index is 13.8. The largest absolute Gasteiger partial charge is 0.495 e. The molecule has 5 aromatic rings. The molecule has 0 aliphatic rings. The van der Waals surface area contributed by atoms with Gasteiger partial charge in [0.2, 0.25) is 5.82 Å². The second-order valence-electron chi connectivity index (χ2n) is 7.01. The second-order valence-corrected chi connectivity index (χ2v) is 8.02. The van der Waals surface area contributed by atoms with E-state index < -0.39 is 5.91 Å². The third kappa shape index (κ3) is 3.28. The van der Waals surface area contributed by atoms with Crippen LogP contribution in [0.25, 0.3) is 16.0 Å². The van der Waals surface area contributed by atoms with E-state index in [0.29, 0.717) is 22.3 Å². The smallest absolute Gasteiger partial charge is 0.304 e. The van der Waals surface area contributed by atoms with Gasteiger partial charge in [-0.2, -0.15) is 4.98 Å². The molecule has 0 saturated carbocycles. The minimum Gasteiger partial charge on any atom is -0.495 e. The Kier molecular flexibility index (Phi) is 4.59. The van der Waals surface area contributed by atoms with Gasteiger partial charge in [0.1, 0.15) is 5.75 Å². The molecule has 1 amide bonds. The van der Waals surface area contributed by atoms with Crippen molar-refractivity contribution in [3.05, 3.63) is 71.8 Å². The zero-order valence-electron chi connectivity index (χ0n) is 17.1. The summed E-state index contributed by atoms with van der Waals surface area (Å²) in [6, 6.07) is 15.2. The molecule has 0 saturated heterocycles. The molecular formula is C22H18N6O2S.